The van der Waals surface area contributed by atoms with Crippen LogP contribution < -0.4 is 10.1 Å². The highest BCUT2D eigenvalue weighted by Gasteiger charge is 2.49. The molecule has 130 valence electrons. The zero-order chi connectivity index (χ0) is 17.3. The average molecular weight is 331 g/mol. The highest BCUT2D eigenvalue weighted by molar-refractivity contribution is 6.15. The molecule has 1 aromatic carbocycles. The average Bonchev–Trinajstić information content (AvgIpc) is 2.57. The Morgan fingerprint density at radius 3 is 2.67 bits per heavy atom. The second-order valence-electron chi connectivity index (χ2n) is 6.72. The maximum absolute atomic E-state index is 12.9. The molecule has 3 rings (SSSR count). The van der Waals surface area contributed by atoms with Crippen molar-refractivity contribution in [2.75, 3.05) is 38.0 Å². The fraction of sp³-hybridized carbons (Fsp3) is 0.556. The summed E-state index contributed by atoms with van der Waals surface area (Å²) in [6.07, 6.45) is 1.10. The van der Waals surface area contributed by atoms with Crippen LogP contribution >= 0.6 is 0 Å². The topological polar surface area (TPSA) is 61.9 Å². The molecule has 2 aliphatic rings. The van der Waals surface area contributed by atoms with Gasteiger partial charge in [0.15, 0.2) is 0 Å². The summed E-state index contributed by atoms with van der Waals surface area (Å²) in [7, 11) is 0. The molecule has 2 heterocycles. The Morgan fingerprint density at radius 1 is 1.29 bits per heavy atom. The minimum absolute atomic E-state index is 0.262. The molecule has 2 amide bonds. The number of rotatable bonds is 3. The lowest BCUT2D eigenvalue weighted by atomic mass is 10.00. The van der Waals surface area contributed by atoms with Gasteiger partial charge in [0.05, 0.1) is 5.69 Å². The molecule has 24 heavy (non-hydrogen) atoms. The second-order valence-corrected chi connectivity index (χ2v) is 6.72. The molecule has 1 fully saturated rings. The van der Waals surface area contributed by atoms with Crippen molar-refractivity contribution in [3.05, 3.63) is 23.8 Å². The number of anilines is 1. The molecular weight excluding hydrogens is 306 g/mol. The van der Waals surface area contributed by atoms with E-state index in [1.54, 1.807) is 17.9 Å². The SMILES string of the molecule is CCCN1CCN(C(=O)C2(C)Oc3ccc(C)cc3NC2=O)CC1. The summed E-state index contributed by atoms with van der Waals surface area (Å²) in [5.74, 6) is -0.121. The molecule has 2 aliphatic heterocycles. The van der Waals surface area contributed by atoms with Gasteiger partial charge in [-0.05, 0) is 44.5 Å². The highest BCUT2D eigenvalue weighted by Crippen LogP contribution is 2.35. The van der Waals surface area contributed by atoms with Gasteiger partial charge in [-0.25, -0.2) is 0 Å². The first-order chi connectivity index (χ1) is 11.4. The summed E-state index contributed by atoms with van der Waals surface area (Å²) in [4.78, 5) is 29.6. The maximum Gasteiger partial charge on any atom is 0.278 e. The number of hydrogen-bond acceptors (Lipinski definition) is 4. The van der Waals surface area contributed by atoms with Gasteiger partial charge in [-0.2, -0.15) is 0 Å². The van der Waals surface area contributed by atoms with Crippen molar-refractivity contribution < 1.29 is 14.3 Å². The van der Waals surface area contributed by atoms with E-state index in [0.717, 1.165) is 31.6 Å². The van der Waals surface area contributed by atoms with Crippen LogP contribution in [0, 0.1) is 6.92 Å². The van der Waals surface area contributed by atoms with Gasteiger partial charge < -0.3 is 15.0 Å². The fourth-order valence-corrected chi connectivity index (χ4v) is 3.27. The van der Waals surface area contributed by atoms with Gasteiger partial charge in [0.1, 0.15) is 5.75 Å². The number of hydrogen-bond donors (Lipinski definition) is 1. The van der Waals surface area contributed by atoms with Crippen LogP contribution in [0.1, 0.15) is 25.8 Å². The summed E-state index contributed by atoms with van der Waals surface area (Å²) in [5.41, 5.74) is 0.146. The molecule has 1 unspecified atom stereocenters. The molecule has 0 aromatic heterocycles. The van der Waals surface area contributed by atoms with E-state index in [9.17, 15) is 9.59 Å². The smallest absolute Gasteiger partial charge is 0.278 e. The van der Waals surface area contributed by atoms with Crippen LogP contribution in [0.4, 0.5) is 5.69 Å². The van der Waals surface area contributed by atoms with E-state index in [1.807, 2.05) is 19.1 Å². The van der Waals surface area contributed by atoms with E-state index in [0.29, 0.717) is 24.5 Å². The number of fused-ring (bicyclic) bond motifs is 1. The van der Waals surface area contributed by atoms with Gasteiger partial charge >= 0.3 is 0 Å². The van der Waals surface area contributed by atoms with Crippen molar-refractivity contribution in [1.82, 2.24) is 9.80 Å². The lowest BCUT2D eigenvalue weighted by molar-refractivity contribution is -0.155. The summed E-state index contributed by atoms with van der Waals surface area (Å²) < 4.78 is 5.86. The third-order valence-electron chi connectivity index (χ3n) is 4.74. The predicted octanol–water partition coefficient (Wildman–Crippen LogP) is 1.64. The number of piperazine rings is 1. The third kappa shape index (κ3) is 2.98. The number of nitrogens with zero attached hydrogens (tertiary/aromatic N) is 2. The Morgan fingerprint density at radius 2 is 2.00 bits per heavy atom. The van der Waals surface area contributed by atoms with Gasteiger partial charge in [0.25, 0.3) is 17.4 Å². The zero-order valence-corrected chi connectivity index (χ0v) is 14.6. The van der Waals surface area contributed by atoms with Crippen LogP contribution in [-0.2, 0) is 9.59 Å². The van der Waals surface area contributed by atoms with E-state index < -0.39 is 11.5 Å². The molecule has 1 N–H and O–H groups in total. The molecule has 0 bridgehead atoms. The van der Waals surface area contributed by atoms with Gasteiger partial charge in [0, 0.05) is 26.2 Å². The number of amides is 2. The van der Waals surface area contributed by atoms with Crippen LogP contribution in [0.2, 0.25) is 0 Å². The Labute approximate surface area is 142 Å². The summed E-state index contributed by atoms with van der Waals surface area (Å²) in [6, 6.07) is 5.56. The number of aryl methyl sites for hydroxylation is 1. The number of ether oxygens (including phenoxy) is 1. The van der Waals surface area contributed by atoms with Crippen molar-refractivity contribution in [3.63, 3.8) is 0 Å². The second kappa shape index (κ2) is 6.43. The first-order valence-electron chi connectivity index (χ1n) is 8.57. The molecule has 6 heteroatoms. The largest absolute Gasteiger partial charge is 0.466 e. The van der Waals surface area contributed by atoms with E-state index in [2.05, 4.69) is 17.1 Å². The van der Waals surface area contributed by atoms with Crippen molar-refractivity contribution in [2.45, 2.75) is 32.8 Å². The van der Waals surface area contributed by atoms with Crippen LogP contribution in [0.5, 0.6) is 5.75 Å². The number of carbonyl (C=O) groups is 2. The fourth-order valence-electron chi connectivity index (χ4n) is 3.27. The Kier molecular flexibility index (Phi) is 4.49. The number of nitrogens with one attached hydrogen (secondary N) is 1. The molecule has 0 saturated carbocycles. The Balaban J connectivity index is 1.75. The van der Waals surface area contributed by atoms with Crippen molar-refractivity contribution in [1.29, 1.82) is 0 Å². The molecule has 1 saturated heterocycles. The van der Waals surface area contributed by atoms with Crippen molar-refractivity contribution >= 4 is 17.5 Å². The minimum atomic E-state index is -1.50. The van der Waals surface area contributed by atoms with Gasteiger partial charge in [-0.3, -0.25) is 14.5 Å². The highest BCUT2D eigenvalue weighted by atomic mass is 16.5. The van der Waals surface area contributed by atoms with Gasteiger partial charge in [-0.1, -0.05) is 13.0 Å². The Hall–Kier alpha value is -2.08. The number of benzene rings is 1. The predicted molar refractivity (Wildman–Crippen MR) is 92.2 cm³/mol. The minimum Gasteiger partial charge on any atom is -0.466 e. The molecule has 0 radical (unpaired) electrons. The van der Waals surface area contributed by atoms with Crippen LogP contribution in [0.15, 0.2) is 18.2 Å². The molecular formula is C18H25N3O3. The quantitative estimate of drug-likeness (QED) is 0.856. The van der Waals surface area contributed by atoms with Crippen LogP contribution in [-0.4, -0.2) is 59.9 Å². The van der Waals surface area contributed by atoms with Gasteiger partial charge in [0.2, 0.25) is 0 Å². The molecule has 1 aromatic rings. The Bertz CT molecular complexity index is 653. The lowest BCUT2D eigenvalue weighted by Crippen LogP contribution is -2.62. The monoisotopic (exact) mass is 331 g/mol. The first-order valence-corrected chi connectivity index (χ1v) is 8.57. The van der Waals surface area contributed by atoms with Crippen LogP contribution in [0.3, 0.4) is 0 Å². The summed E-state index contributed by atoms with van der Waals surface area (Å²) >= 11 is 0. The van der Waals surface area contributed by atoms with E-state index in [1.165, 1.54) is 0 Å². The van der Waals surface area contributed by atoms with E-state index >= 15 is 0 Å². The van der Waals surface area contributed by atoms with Crippen LogP contribution in [0.25, 0.3) is 0 Å². The zero-order valence-electron chi connectivity index (χ0n) is 14.6. The molecule has 1 atom stereocenters. The van der Waals surface area contributed by atoms with E-state index in [4.69, 9.17) is 4.74 Å². The maximum atomic E-state index is 12.9. The third-order valence-corrected chi connectivity index (χ3v) is 4.74. The summed E-state index contributed by atoms with van der Waals surface area (Å²) in [6.45, 7) is 9.64. The van der Waals surface area contributed by atoms with E-state index in [-0.39, 0.29) is 5.91 Å². The van der Waals surface area contributed by atoms with Gasteiger partial charge in [-0.15, -0.1) is 0 Å². The van der Waals surface area contributed by atoms with Crippen molar-refractivity contribution in [2.24, 2.45) is 0 Å². The first kappa shape index (κ1) is 16.8. The normalized spacial score (nSPS) is 24.1. The molecule has 0 aliphatic carbocycles. The standard InChI is InChI=1S/C18H25N3O3/c1-4-7-20-8-10-21(11-9-20)17(23)18(3)16(22)19-14-12-13(2)5-6-15(14)24-18/h5-6,12H,4,7-11H2,1-3H3,(H,19,22). The van der Waals surface area contributed by atoms with Crippen molar-refractivity contribution in [3.8, 4) is 5.75 Å². The number of carbonyl (C=O) groups excluding carboxylic acids is 2. The lowest BCUT2D eigenvalue weighted by Gasteiger charge is -2.40. The molecule has 0 spiro atoms. The summed E-state index contributed by atoms with van der Waals surface area (Å²) in [5, 5.41) is 2.82. The molecule has 6 nitrogen and oxygen atoms in total.